The van der Waals surface area contributed by atoms with Crippen molar-refractivity contribution in [2.75, 3.05) is 26.8 Å². The lowest BCUT2D eigenvalue weighted by Crippen LogP contribution is -2.40. The molecule has 0 aromatic heterocycles. The molecule has 2 aromatic rings. The first-order valence-corrected chi connectivity index (χ1v) is 10.1. The monoisotopic (exact) mass is 395 g/mol. The fraction of sp³-hybridized carbons (Fsp3) is 0.417. The summed E-state index contributed by atoms with van der Waals surface area (Å²) in [6, 6.07) is 13.2. The summed E-state index contributed by atoms with van der Waals surface area (Å²) in [6.07, 6.45) is 1.76. The summed E-state index contributed by atoms with van der Waals surface area (Å²) < 4.78 is 10.9. The van der Waals surface area contributed by atoms with Gasteiger partial charge in [-0.25, -0.2) is 0 Å². The minimum Gasteiger partial charge on any atom is -0.497 e. The van der Waals surface area contributed by atoms with Crippen LogP contribution in [0.5, 0.6) is 11.5 Å². The molecule has 0 atom stereocenters. The van der Waals surface area contributed by atoms with E-state index in [9.17, 15) is 9.59 Å². The largest absolute Gasteiger partial charge is 0.497 e. The average Bonchev–Trinajstić information content (AvgIpc) is 2.76. The van der Waals surface area contributed by atoms with Crippen LogP contribution in [0.3, 0.4) is 0 Å². The molecule has 5 heteroatoms. The van der Waals surface area contributed by atoms with Crippen LogP contribution in [0.2, 0.25) is 0 Å². The normalized spacial score (nSPS) is 14.5. The van der Waals surface area contributed by atoms with E-state index in [4.69, 9.17) is 9.47 Å². The fourth-order valence-electron chi connectivity index (χ4n) is 3.67. The Morgan fingerprint density at radius 2 is 1.72 bits per heavy atom. The third-order valence-electron chi connectivity index (χ3n) is 5.72. The molecule has 1 saturated heterocycles. The Morgan fingerprint density at radius 3 is 2.38 bits per heavy atom. The number of rotatable bonds is 7. The van der Waals surface area contributed by atoms with Gasteiger partial charge in [-0.1, -0.05) is 12.1 Å². The first kappa shape index (κ1) is 20.9. The number of methoxy groups -OCH3 is 1. The zero-order chi connectivity index (χ0) is 20.8. The van der Waals surface area contributed by atoms with Gasteiger partial charge in [0.25, 0.3) is 0 Å². The number of carbonyl (C=O) groups excluding carboxylic acids is 2. The molecule has 0 unspecified atom stereocenters. The first-order chi connectivity index (χ1) is 14.0. The lowest BCUT2D eigenvalue weighted by molar-refractivity contribution is -0.132. The van der Waals surface area contributed by atoms with Crippen LogP contribution in [0.15, 0.2) is 42.5 Å². The van der Waals surface area contributed by atoms with E-state index in [2.05, 4.69) is 0 Å². The van der Waals surface area contributed by atoms with E-state index >= 15 is 0 Å². The number of ether oxygens (including phenoxy) is 2. The summed E-state index contributed by atoms with van der Waals surface area (Å²) in [7, 11) is 1.61. The Hall–Kier alpha value is -2.82. The van der Waals surface area contributed by atoms with Gasteiger partial charge in [0.15, 0.2) is 5.78 Å². The molecule has 154 valence electrons. The van der Waals surface area contributed by atoms with E-state index < -0.39 is 0 Å². The molecule has 1 aliphatic heterocycles. The number of nitrogens with zero attached hydrogens (tertiary/aromatic N) is 1. The number of carbonyl (C=O) groups is 2. The lowest BCUT2D eigenvalue weighted by atomic mass is 9.89. The van der Waals surface area contributed by atoms with Gasteiger partial charge in [-0.15, -0.1) is 0 Å². The van der Waals surface area contributed by atoms with Crippen LogP contribution >= 0.6 is 0 Å². The first-order valence-electron chi connectivity index (χ1n) is 10.1. The van der Waals surface area contributed by atoms with Crippen molar-refractivity contribution in [2.45, 2.75) is 33.1 Å². The highest BCUT2D eigenvalue weighted by Gasteiger charge is 2.27. The molecule has 29 heavy (non-hydrogen) atoms. The Morgan fingerprint density at radius 1 is 1.03 bits per heavy atom. The highest BCUT2D eigenvalue weighted by molar-refractivity contribution is 5.98. The molecule has 1 aliphatic rings. The van der Waals surface area contributed by atoms with Crippen LogP contribution in [0, 0.1) is 19.8 Å². The van der Waals surface area contributed by atoms with Gasteiger partial charge >= 0.3 is 0 Å². The molecule has 1 fully saturated rings. The number of piperidine rings is 1. The van der Waals surface area contributed by atoms with Crippen molar-refractivity contribution in [1.29, 1.82) is 0 Å². The molecule has 0 radical (unpaired) electrons. The predicted molar refractivity (Wildman–Crippen MR) is 113 cm³/mol. The number of Topliss-reactive ketones (excluding diaryl/α,β-unsaturated/α-hetero) is 1. The molecule has 2 aromatic carbocycles. The van der Waals surface area contributed by atoms with Crippen LogP contribution in [-0.4, -0.2) is 43.4 Å². The van der Waals surface area contributed by atoms with Gasteiger partial charge in [0.1, 0.15) is 11.5 Å². The number of ketones is 1. The van der Waals surface area contributed by atoms with E-state index in [0.29, 0.717) is 44.5 Å². The summed E-state index contributed by atoms with van der Waals surface area (Å²) in [4.78, 5) is 27.1. The highest BCUT2D eigenvalue weighted by Crippen LogP contribution is 2.24. The number of hydrogen-bond acceptors (Lipinski definition) is 4. The van der Waals surface area contributed by atoms with Crippen LogP contribution in [0.25, 0.3) is 0 Å². The van der Waals surface area contributed by atoms with Crippen molar-refractivity contribution < 1.29 is 19.1 Å². The van der Waals surface area contributed by atoms with Crippen molar-refractivity contribution in [1.82, 2.24) is 4.90 Å². The van der Waals surface area contributed by atoms with Gasteiger partial charge < -0.3 is 14.4 Å². The van der Waals surface area contributed by atoms with Crippen LogP contribution in [-0.2, 0) is 4.79 Å². The smallest absolute Gasteiger partial charge is 0.225 e. The topological polar surface area (TPSA) is 55.8 Å². The maximum Gasteiger partial charge on any atom is 0.225 e. The number of amides is 1. The molecular weight excluding hydrogens is 366 g/mol. The molecule has 0 aliphatic carbocycles. The van der Waals surface area contributed by atoms with Crippen LogP contribution in [0.1, 0.15) is 40.7 Å². The van der Waals surface area contributed by atoms with Crippen molar-refractivity contribution in [3.63, 3.8) is 0 Å². The summed E-state index contributed by atoms with van der Waals surface area (Å²) in [5.74, 6) is 1.79. The van der Waals surface area contributed by atoms with Crippen molar-refractivity contribution in [3.05, 3.63) is 59.2 Å². The van der Waals surface area contributed by atoms with Gasteiger partial charge in [-0.3, -0.25) is 9.59 Å². The molecular formula is C24H29NO4. The van der Waals surface area contributed by atoms with E-state index in [-0.39, 0.29) is 17.6 Å². The zero-order valence-corrected chi connectivity index (χ0v) is 17.4. The van der Waals surface area contributed by atoms with Gasteiger partial charge in [-0.2, -0.15) is 0 Å². The standard InChI is InChI=1S/C24H29NO4/c1-17-5-4-6-22(18(17)2)29-16-13-23(26)25-14-11-20(12-15-25)24(27)19-7-9-21(28-3)10-8-19/h4-10,20H,11-16H2,1-3H3. The fourth-order valence-corrected chi connectivity index (χ4v) is 3.67. The molecule has 0 N–H and O–H groups in total. The van der Waals surface area contributed by atoms with Crippen LogP contribution < -0.4 is 9.47 Å². The average molecular weight is 395 g/mol. The van der Waals surface area contributed by atoms with Crippen LogP contribution in [0.4, 0.5) is 0 Å². The van der Waals surface area contributed by atoms with Crippen molar-refractivity contribution >= 4 is 11.7 Å². The summed E-state index contributed by atoms with van der Waals surface area (Å²) >= 11 is 0. The molecule has 1 amide bonds. The number of aryl methyl sites for hydroxylation is 1. The second kappa shape index (κ2) is 9.59. The van der Waals surface area contributed by atoms with E-state index in [1.807, 2.05) is 61.2 Å². The highest BCUT2D eigenvalue weighted by atomic mass is 16.5. The van der Waals surface area contributed by atoms with Gasteiger partial charge in [0.05, 0.1) is 20.1 Å². The number of benzene rings is 2. The molecule has 1 heterocycles. The van der Waals surface area contributed by atoms with Crippen molar-refractivity contribution in [2.24, 2.45) is 5.92 Å². The lowest BCUT2D eigenvalue weighted by Gasteiger charge is -2.31. The number of hydrogen-bond donors (Lipinski definition) is 0. The van der Waals surface area contributed by atoms with Gasteiger partial charge in [0.2, 0.25) is 5.91 Å². The maximum atomic E-state index is 12.7. The summed E-state index contributed by atoms with van der Waals surface area (Å²) in [6.45, 7) is 5.68. The molecule has 0 bridgehead atoms. The molecule has 5 nitrogen and oxygen atoms in total. The van der Waals surface area contributed by atoms with Crippen molar-refractivity contribution in [3.8, 4) is 11.5 Å². The third kappa shape index (κ3) is 5.17. The Bertz CT molecular complexity index is 852. The molecule has 3 rings (SSSR count). The number of likely N-dealkylation sites (tertiary alicyclic amines) is 1. The van der Waals surface area contributed by atoms with E-state index in [1.54, 1.807) is 7.11 Å². The third-order valence-corrected chi connectivity index (χ3v) is 5.72. The quantitative estimate of drug-likeness (QED) is 0.659. The maximum absolute atomic E-state index is 12.7. The molecule has 0 saturated carbocycles. The summed E-state index contributed by atoms with van der Waals surface area (Å²) in [5, 5.41) is 0. The zero-order valence-electron chi connectivity index (χ0n) is 17.4. The van der Waals surface area contributed by atoms with Gasteiger partial charge in [-0.05, 0) is 68.1 Å². The molecule has 0 spiro atoms. The van der Waals surface area contributed by atoms with E-state index in [0.717, 1.165) is 17.1 Å². The minimum atomic E-state index is -0.0290. The Kier molecular flexibility index (Phi) is 6.91. The Balaban J connectivity index is 1.45. The second-order valence-corrected chi connectivity index (χ2v) is 7.54. The van der Waals surface area contributed by atoms with E-state index in [1.165, 1.54) is 5.56 Å². The summed E-state index contributed by atoms with van der Waals surface area (Å²) in [5.41, 5.74) is 2.99. The minimum absolute atomic E-state index is 0.0290. The Labute approximate surface area is 172 Å². The van der Waals surface area contributed by atoms with Gasteiger partial charge in [0, 0.05) is 24.6 Å². The second-order valence-electron chi connectivity index (χ2n) is 7.54. The SMILES string of the molecule is COc1ccc(C(=O)C2CCN(C(=O)CCOc3cccc(C)c3C)CC2)cc1. The predicted octanol–water partition coefficient (Wildman–Crippen LogP) is 4.20.